The van der Waals surface area contributed by atoms with Crippen LogP contribution in [0.3, 0.4) is 0 Å². The van der Waals surface area contributed by atoms with Crippen molar-refractivity contribution in [3.05, 3.63) is 152 Å². The molecule has 9 aromatic rings. The number of furan rings is 1. The van der Waals surface area contributed by atoms with Crippen LogP contribution in [0, 0.1) is 0 Å². The fourth-order valence-corrected chi connectivity index (χ4v) is 6.12. The van der Waals surface area contributed by atoms with Gasteiger partial charge in [0.25, 0.3) is 0 Å². The van der Waals surface area contributed by atoms with Crippen molar-refractivity contribution in [1.29, 1.82) is 0 Å². The maximum Gasteiger partial charge on any atom is 0.164 e. The van der Waals surface area contributed by atoms with Crippen LogP contribution >= 0.6 is 0 Å². The summed E-state index contributed by atoms with van der Waals surface area (Å²) in [5.74, 6) is 2.72. The van der Waals surface area contributed by atoms with Crippen molar-refractivity contribution >= 4 is 33.0 Å². The standard InChI is InChI=1S/C40H25N5O/c1-4-13-26(14-5-1)37-42-38(27-15-6-2-7-16-27)44-39(43-37)29-23-24-34-30(25-29)36-33(21-12-22-35(36)46-34)45-32-20-11-10-19-31(32)41-40(45)28-17-8-3-9-18-28/h1-25H. The molecule has 46 heavy (non-hydrogen) atoms. The average Bonchev–Trinajstić information content (AvgIpc) is 3.71. The molecule has 0 bridgehead atoms. The zero-order valence-corrected chi connectivity index (χ0v) is 24.6. The Morgan fingerprint density at radius 2 is 1.02 bits per heavy atom. The first-order valence-corrected chi connectivity index (χ1v) is 15.2. The summed E-state index contributed by atoms with van der Waals surface area (Å²) in [5.41, 5.74) is 8.31. The number of benzene rings is 6. The SMILES string of the molecule is c1ccc(-c2nc(-c3ccccc3)nc(-c3ccc4oc5cccc(-n6c(-c7ccccc7)nc7ccccc76)c5c4c3)n2)cc1. The first-order valence-electron chi connectivity index (χ1n) is 15.2. The van der Waals surface area contributed by atoms with Crippen molar-refractivity contribution in [1.82, 2.24) is 24.5 Å². The molecule has 0 saturated carbocycles. The average molecular weight is 592 g/mol. The Bertz CT molecular complexity index is 2460. The number of nitrogens with zero attached hydrogens (tertiary/aromatic N) is 5. The molecule has 6 aromatic carbocycles. The Morgan fingerprint density at radius 1 is 0.435 bits per heavy atom. The van der Waals surface area contributed by atoms with Gasteiger partial charge in [0.2, 0.25) is 0 Å². The molecule has 9 rings (SSSR count). The lowest BCUT2D eigenvalue weighted by Gasteiger charge is -2.11. The molecule has 0 N–H and O–H groups in total. The molecule has 0 aliphatic heterocycles. The summed E-state index contributed by atoms with van der Waals surface area (Å²) in [6.07, 6.45) is 0. The normalized spacial score (nSPS) is 11.5. The molecule has 0 aliphatic rings. The molecule has 0 aliphatic carbocycles. The third-order valence-electron chi connectivity index (χ3n) is 8.26. The van der Waals surface area contributed by atoms with E-state index in [9.17, 15) is 0 Å². The molecule has 0 amide bonds. The van der Waals surface area contributed by atoms with E-state index in [2.05, 4.69) is 47.0 Å². The van der Waals surface area contributed by atoms with Crippen LogP contribution in [0.25, 0.3) is 84.2 Å². The van der Waals surface area contributed by atoms with Gasteiger partial charge in [0.05, 0.1) is 22.1 Å². The van der Waals surface area contributed by atoms with Gasteiger partial charge >= 0.3 is 0 Å². The number of rotatable bonds is 5. The lowest BCUT2D eigenvalue weighted by atomic mass is 10.1. The van der Waals surface area contributed by atoms with Gasteiger partial charge in [0, 0.05) is 27.6 Å². The Kier molecular flexibility index (Phi) is 6.03. The van der Waals surface area contributed by atoms with Gasteiger partial charge in [-0.05, 0) is 42.5 Å². The molecule has 6 heteroatoms. The second-order valence-corrected chi connectivity index (χ2v) is 11.1. The highest BCUT2D eigenvalue weighted by molar-refractivity contribution is 6.11. The highest BCUT2D eigenvalue weighted by Crippen LogP contribution is 2.39. The van der Waals surface area contributed by atoms with E-state index in [-0.39, 0.29) is 0 Å². The van der Waals surface area contributed by atoms with Crippen LogP contribution in [-0.2, 0) is 0 Å². The van der Waals surface area contributed by atoms with E-state index in [1.54, 1.807) is 0 Å². The summed E-state index contributed by atoms with van der Waals surface area (Å²) in [7, 11) is 0. The van der Waals surface area contributed by atoms with Gasteiger partial charge in [0.15, 0.2) is 17.5 Å². The smallest absolute Gasteiger partial charge is 0.164 e. The van der Waals surface area contributed by atoms with Crippen molar-refractivity contribution < 1.29 is 4.42 Å². The summed E-state index contributed by atoms with van der Waals surface area (Å²) >= 11 is 0. The predicted molar refractivity (Wildman–Crippen MR) is 183 cm³/mol. The van der Waals surface area contributed by atoms with Crippen LogP contribution in [0.5, 0.6) is 0 Å². The molecule has 0 fully saturated rings. The summed E-state index contributed by atoms with van der Waals surface area (Å²) in [6.45, 7) is 0. The van der Waals surface area contributed by atoms with Gasteiger partial charge in [-0.1, -0.05) is 109 Å². The van der Waals surface area contributed by atoms with Gasteiger partial charge in [-0.3, -0.25) is 4.57 Å². The maximum absolute atomic E-state index is 6.44. The zero-order chi connectivity index (χ0) is 30.5. The first kappa shape index (κ1) is 26.0. The largest absolute Gasteiger partial charge is 0.456 e. The third-order valence-corrected chi connectivity index (χ3v) is 8.26. The third kappa shape index (κ3) is 4.35. The second-order valence-electron chi connectivity index (χ2n) is 11.1. The van der Waals surface area contributed by atoms with Crippen molar-refractivity contribution in [2.45, 2.75) is 0 Å². The highest BCUT2D eigenvalue weighted by Gasteiger charge is 2.20. The fourth-order valence-electron chi connectivity index (χ4n) is 6.12. The molecule has 216 valence electrons. The second kappa shape index (κ2) is 10.6. The lowest BCUT2D eigenvalue weighted by Crippen LogP contribution is -2.00. The number of fused-ring (bicyclic) bond motifs is 4. The minimum absolute atomic E-state index is 0.597. The molecule has 6 nitrogen and oxygen atoms in total. The van der Waals surface area contributed by atoms with Crippen LogP contribution in [0.4, 0.5) is 0 Å². The van der Waals surface area contributed by atoms with Crippen LogP contribution in [0.15, 0.2) is 156 Å². The minimum Gasteiger partial charge on any atom is -0.456 e. The number of para-hydroxylation sites is 2. The maximum atomic E-state index is 6.44. The van der Waals surface area contributed by atoms with Gasteiger partial charge in [-0.2, -0.15) is 0 Å². The van der Waals surface area contributed by atoms with E-state index in [0.717, 1.165) is 66.7 Å². The van der Waals surface area contributed by atoms with Crippen molar-refractivity contribution in [3.8, 4) is 51.2 Å². The van der Waals surface area contributed by atoms with Crippen molar-refractivity contribution in [2.24, 2.45) is 0 Å². The Labute approximate surface area is 264 Å². The van der Waals surface area contributed by atoms with E-state index >= 15 is 0 Å². The number of hydrogen-bond donors (Lipinski definition) is 0. The molecular formula is C40H25N5O. The first-order chi connectivity index (χ1) is 22.8. The number of aromatic nitrogens is 5. The molecule has 0 atom stereocenters. The van der Waals surface area contributed by atoms with Crippen molar-refractivity contribution in [3.63, 3.8) is 0 Å². The van der Waals surface area contributed by atoms with E-state index in [1.165, 1.54) is 0 Å². The van der Waals surface area contributed by atoms with E-state index in [4.69, 9.17) is 24.4 Å². The van der Waals surface area contributed by atoms with Gasteiger partial charge < -0.3 is 4.42 Å². The minimum atomic E-state index is 0.597. The number of hydrogen-bond acceptors (Lipinski definition) is 5. The monoisotopic (exact) mass is 591 g/mol. The topological polar surface area (TPSA) is 69.6 Å². The molecule has 0 spiro atoms. The predicted octanol–water partition coefficient (Wildman–Crippen LogP) is 9.78. The van der Waals surface area contributed by atoms with Crippen LogP contribution in [-0.4, -0.2) is 24.5 Å². The Morgan fingerprint density at radius 3 is 1.70 bits per heavy atom. The molecule has 0 unspecified atom stereocenters. The molecule has 0 saturated heterocycles. The van der Waals surface area contributed by atoms with Gasteiger partial charge in [-0.15, -0.1) is 0 Å². The van der Waals surface area contributed by atoms with Crippen LogP contribution in [0.2, 0.25) is 0 Å². The fraction of sp³-hybridized carbons (Fsp3) is 0. The van der Waals surface area contributed by atoms with E-state index in [0.29, 0.717) is 17.5 Å². The lowest BCUT2D eigenvalue weighted by molar-refractivity contribution is 0.669. The quantitative estimate of drug-likeness (QED) is 0.199. The van der Waals surface area contributed by atoms with E-state index < -0.39 is 0 Å². The summed E-state index contributed by atoms with van der Waals surface area (Å²) in [4.78, 5) is 19.9. The highest BCUT2D eigenvalue weighted by atomic mass is 16.3. The number of imidazole rings is 1. The molecule has 0 radical (unpaired) electrons. The zero-order valence-electron chi connectivity index (χ0n) is 24.6. The Hall–Kier alpha value is -6.40. The van der Waals surface area contributed by atoms with Gasteiger partial charge in [-0.25, -0.2) is 19.9 Å². The van der Waals surface area contributed by atoms with Crippen molar-refractivity contribution in [2.75, 3.05) is 0 Å². The molecule has 3 heterocycles. The summed E-state index contributed by atoms with van der Waals surface area (Å²) in [5, 5.41) is 1.98. The molecule has 3 aromatic heterocycles. The van der Waals surface area contributed by atoms with Crippen LogP contribution < -0.4 is 0 Å². The van der Waals surface area contributed by atoms with E-state index in [1.807, 2.05) is 109 Å². The summed E-state index contributed by atoms with van der Waals surface area (Å²) < 4.78 is 8.67. The van der Waals surface area contributed by atoms with Crippen LogP contribution in [0.1, 0.15) is 0 Å². The Balaban J connectivity index is 1.29. The van der Waals surface area contributed by atoms with Gasteiger partial charge in [0.1, 0.15) is 17.0 Å². The summed E-state index contributed by atoms with van der Waals surface area (Å²) in [6, 6.07) is 50.9. The molecular weight excluding hydrogens is 566 g/mol.